The molecule has 0 radical (unpaired) electrons. The van der Waals surface area contributed by atoms with Gasteiger partial charge in [-0.15, -0.1) is 6.58 Å². The van der Waals surface area contributed by atoms with Crippen molar-refractivity contribution in [3.05, 3.63) is 24.3 Å². The lowest BCUT2D eigenvalue weighted by molar-refractivity contribution is -0.136. The predicted molar refractivity (Wildman–Crippen MR) is 62.8 cm³/mol. The third-order valence-electron chi connectivity index (χ3n) is 0.534. The van der Waals surface area contributed by atoms with Crippen LogP contribution in [0.3, 0.4) is 0 Å². The van der Waals surface area contributed by atoms with Gasteiger partial charge in [-0.05, 0) is 27.5 Å². The topological polar surface area (TPSA) is 38.7 Å². The van der Waals surface area contributed by atoms with Gasteiger partial charge in [0, 0.05) is 12.6 Å². The third-order valence-corrected chi connectivity index (χ3v) is 0.534. The van der Waals surface area contributed by atoms with Crippen molar-refractivity contribution in [3.8, 4) is 0 Å². The third kappa shape index (κ3) is 46.0. The number of carbonyl (C=O) groups is 1. The molecule has 0 fully saturated rings. The molecule has 0 unspecified atom stereocenters. The van der Waals surface area contributed by atoms with Crippen molar-refractivity contribution in [2.75, 3.05) is 14.2 Å². The zero-order valence-electron chi connectivity index (χ0n) is 9.89. The average Bonchev–Trinajstić information content (AvgIpc) is 2.03. The summed E-state index contributed by atoms with van der Waals surface area (Å²) in [5, 5.41) is 0. The molecule has 0 aliphatic carbocycles. The molecule has 0 bridgehead atoms. The van der Waals surface area contributed by atoms with E-state index in [0.717, 1.165) is 0 Å². The molecule has 0 spiro atoms. The largest absolute Gasteiger partial charge is 0.466 e. The highest BCUT2D eigenvalue weighted by Crippen LogP contribution is 1.87. The number of rotatable bonds is 1. The Labute approximate surface area is 87.2 Å². The molecule has 0 saturated heterocycles. The lowest BCUT2D eigenvalue weighted by Gasteiger charge is -1.91. The molecule has 0 aliphatic rings. The van der Waals surface area contributed by atoms with Gasteiger partial charge in [0.15, 0.2) is 0 Å². The quantitative estimate of drug-likeness (QED) is 0.282. The molecule has 0 aromatic rings. The molecule has 0 saturated carbocycles. The van der Waals surface area contributed by atoms with Crippen LogP contribution in [0.2, 0.25) is 0 Å². The zero-order valence-corrected chi connectivity index (χ0v) is 9.89. The Morgan fingerprint density at radius 2 is 1.43 bits per heavy atom. The highest BCUT2D eigenvalue weighted by atomic mass is 16.5. The second-order valence-corrected chi connectivity index (χ2v) is 2.80. The van der Waals surface area contributed by atoms with Crippen LogP contribution >= 0.6 is 0 Å². The Morgan fingerprint density at radius 1 is 1.21 bits per heavy atom. The van der Waals surface area contributed by atoms with Gasteiger partial charge >= 0.3 is 5.97 Å². The summed E-state index contributed by atoms with van der Waals surface area (Å²) in [7, 11) is 2.97. The molecule has 0 amide bonds. The molecule has 0 aromatic carbocycles. The molecule has 82 valence electrons. The number of aliphatic imine (C=N–C) groups is 1. The average molecular weight is 199 g/mol. The monoisotopic (exact) mass is 199 g/mol. The lowest BCUT2D eigenvalue weighted by Crippen LogP contribution is -1.98. The van der Waals surface area contributed by atoms with Crippen molar-refractivity contribution >= 4 is 12.7 Å². The molecule has 0 N–H and O–H groups in total. The van der Waals surface area contributed by atoms with Gasteiger partial charge < -0.3 is 9.73 Å². The maximum atomic E-state index is 10.2. The van der Waals surface area contributed by atoms with E-state index in [0.29, 0.717) is 5.57 Å². The van der Waals surface area contributed by atoms with E-state index in [9.17, 15) is 4.79 Å². The summed E-state index contributed by atoms with van der Waals surface area (Å²) >= 11 is 0. The molecule has 0 atom stereocenters. The normalized spacial score (nSPS) is 6.64. The smallest absolute Gasteiger partial charge is 0.332 e. The summed E-state index contributed by atoms with van der Waals surface area (Å²) in [5.74, 6) is -0.347. The second kappa shape index (κ2) is 14.2. The molecule has 3 nitrogen and oxygen atoms in total. The number of esters is 1. The minimum atomic E-state index is -0.347. The van der Waals surface area contributed by atoms with Crippen LogP contribution in [0.15, 0.2) is 29.3 Å². The second-order valence-electron chi connectivity index (χ2n) is 2.80. The summed E-state index contributed by atoms with van der Waals surface area (Å²) in [6, 6.07) is 0. The van der Waals surface area contributed by atoms with Crippen LogP contribution < -0.4 is 0 Å². The van der Waals surface area contributed by atoms with Gasteiger partial charge in [0.05, 0.1) is 7.11 Å². The summed E-state index contributed by atoms with van der Waals surface area (Å²) in [6.07, 6.45) is 0. The molecule has 0 aromatic heterocycles. The summed E-state index contributed by atoms with van der Waals surface area (Å²) in [4.78, 5) is 13.4. The Balaban J connectivity index is -0.000000147. The zero-order chi connectivity index (χ0) is 12.1. The standard InChI is InChI=1S/C5H8O2.C4H8.C2H5N/c1-4(2)5(6)7-3;1-4(2)3;1-3-2/h1H2,2-3H3;1H2,2-3H3;1H2,2H3. The van der Waals surface area contributed by atoms with Gasteiger partial charge in [-0.1, -0.05) is 12.2 Å². The summed E-state index contributed by atoms with van der Waals surface area (Å²) < 4.78 is 4.27. The number of ether oxygens (including phenoxy) is 1. The van der Waals surface area contributed by atoms with Gasteiger partial charge in [-0.3, -0.25) is 0 Å². The maximum absolute atomic E-state index is 10.2. The van der Waals surface area contributed by atoms with Crippen molar-refractivity contribution in [3.63, 3.8) is 0 Å². The molecule has 0 aliphatic heterocycles. The van der Waals surface area contributed by atoms with Crippen LogP contribution in [0, 0.1) is 0 Å². The molecular formula is C11H21NO2. The Kier molecular flexibility index (Phi) is 18.6. The fraction of sp³-hybridized carbons (Fsp3) is 0.455. The van der Waals surface area contributed by atoms with Gasteiger partial charge in [-0.2, -0.15) is 0 Å². The number of methoxy groups -OCH3 is 1. The van der Waals surface area contributed by atoms with Crippen LogP contribution in [0.25, 0.3) is 0 Å². The van der Waals surface area contributed by atoms with Crippen molar-refractivity contribution < 1.29 is 9.53 Å². The molecule has 3 heteroatoms. The number of carbonyl (C=O) groups excluding carboxylic acids is 1. The van der Waals surface area contributed by atoms with Crippen molar-refractivity contribution in [2.24, 2.45) is 4.99 Å². The van der Waals surface area contributed by atoms with E-state index in [4.69, 9.17) is 0 Å². The van der Waals surface area contributed by atoms with Gasteiger partial charge in [0.25, 0.3) is 0 Å². The van der Waals surface area contributed by atoms with Crippen LogP contribution in [0.1, 0.15) is 20.8 Å². The van der Waals surface area contributed by atoms with E-state index in [2.05, 4.69) is 29.6 Å². The number of nitrogens with zero attached hydrogens (tertiary/aromatic N) is 1. The number of hydrogen-bond acceptors (Lipinski definition) is 3. The predicted octanol–water partition coefficient (Wildman–Crippen LogP) is 2.63. The van der Waals surface area contributed by atoms with Crippen LogP contribution in [0.5, 0.6) is 0 Å². The van der Waals surface area contributed by atoms with Gasteiger partial charge in [-0.25, -0.2) is 4.79 Å². The fourth-order valence-corrected chi connectivity index (χ4v) is 0.174. The molecular weight excluding hydrogens is 178 g/mol. The number of allylic oxidation sites excluding steroid dienone is 1. The van der Waals surface area contributed by atoms with Crippen molar-refractivity contribution in [1.29, 1.82) is 0 Å². The first kappa shape index (κ1) is 18.4. The van der Waals surface area contributed by atoms with E-state index < -0.39 is 0 Å². The van der Waals surface area contributed by atoms with Crippen molar-refractivity contribution in [1.82, 2.24) is 0 Å². The van der Waals surface area contributed by atoms with E-state index in [1.165, 1.54) is 12.7 Å². The minimum absolute atomic E-state index is 0.347. The molecule has 0 heterocycles. The molecule has 0 rings (SSSR count). The van der Waals surface area contributed by atoms with E-state index >= 15 is 0 Å². The Morgan fingerprint density at radius 3 is 1.43 bits per heavy atom. The highest BCUT2D eigenvalue weighted by molar-refractivity contribution is 5.86. The molecule has 14 heavy (non-hydrogen) atoms. The highest BCUT2D eigenvalue weighted by Gasteiger charge is 1.95. The number of hydrogen-bond donors (Lipinski definition) is 0. The first-order valence-electron chi connectivity index (χ1n) is 4.04. The van der Waals surface area contributed by atoms with Crippen LogP contribution in [0.4, 0.5) is 0 Å². The first-order valence-corrected chi connectivity index (χ1v) is 4.04. The minimum Gasteiger partial charge on any atom is -0.466 e. The lowest BCUT2D eigenvalue weighted by atomic mass is 10.4. The van der Waals surface area contributed by atoms with Crippen LogP contribution in [-0.2, 0) is 9.53 Å². The first-order chi connectivity index (χ1) is 6.33. The van der Waals surface area contributed by atoms with Gasteiger partial charge in [0.2, 0.25) is 0 Å². The van der Waals surface area contributed by atoms with Crippen molar-refractivity contribution in [2.45, 2.75) is 20.8 Å². The van der Waals surface area contributed by atoms with E-state index in [1.54, 1.807) is 14.0 Å². The summed E-state index contributed by atoms with van der Waals surface area (Å²) in [6.45, 7) is 15.6. The van der Waals surface area contributed by atoms with E-state index in [1.807, 2.05) is 13.8 Å². The van der Waals surface area contributed by atoms with Crippen LogP contribution in [-0.4, -0.2) is 26.8 Å². The fourth-order valence-electron chi connectivity index (χ4n) is 0.174. The SMILES string of the molecule is C=C(C)C.C=C(C)C(=O)OC.C=NC. The summed E-state index contributed by atoms with van der Waals surface area (Å²) in [5.41, 5.74) is 1.60. The van der Waals surface area contributed by atoms with E-state index in [-0.39, 0.29) is 5.97 Å². The van der Waals surface area contributed by atoms with Gasteiger partial charge in [0.1, 0.15) is 0 Å². The Bertz CT molecular complexity index is 191. The Hall–Kier alpha value is -1.38. The maximum Gasteiger partial charge on any atom is 0.332 e.